The van der Waals surface area contributed by atoms with Crippen molar-refractivity contribution in [1.82, 2.24) is 14.4 Å². The molecular weight excluding hydrogens is 366 g/mol. The Morgan fingerprint density at radius 1 is 1.22 bits per heavy atom. The van der Waals surface area contributed by atoms with E-state index in [4.69, 9.17) is 9.15 Å². The molecule has 0 atom stereocenters. The number of furan rings is 1. The van der Waals surface area contributed by atoms with Crippen molar-refractivity contribution in [3.63, 3.8) is 0 Å². The second kappa shape index (κ2) is 6.27. The molecule has 0 saturated carbocycles. The first-order chi connectivity index (χ1) is 11.0. The van der Waals surface area contributed by atoms with Crippen molar-refractivity contribution in [2.45, 2.75) is 6.92 Å². The van der Waals surface area contributed by atoms with E-state index in [1.165, 1.54) is 0 Å². The number of carbonyl (C=O) groups excluding carboxylic acids is 2. The van der Waals surface area contributed by atoms with E-state index in [9.17, 15) is 9.59 Å². The lowest BCUT2D eigenvalue weighted by Crippen LogP contribution is -2.51. The molecule has 124 valence electrons. The van der Waals surface area contributed by atoms with Gasteiger partial charge in [-0.15, -0.1) is 0 Å². The summed E-state index contributed by atoms with van der Waals surface area (Å²) < 4.78 is 12.9. The van der Waals surface area contributed by atoms with Crippen LogP contribution in [0.4, 0.5) is 4.79 Å². The second-order valence-corrected chi connectivity index (χ2v) is 6.15. The van der Waals surface area contributed by atoms with Gasteiger partial charge in [0.25, 0.3) is 5.91 Å². The zero-order chi connectivity index (χ0) is 16.6. The number of hydrogen-bond acceptors (Lipinski definition) is 4. The van der Waals surface area contributed by atoms with Crippen molar-refractivity contribution in [2.75, 3.05) is 32.8 Å². The molecule has 0 bridgehead atoms. The van der Waals surface area contributed by atoms with E-state index in [1.807, 2.05) is 17.7 Å². The molecule has 7 nitrogen and oxygen atoms in total. The van der Waals surface area contributed by atoms with Gasteiger partial charge in [0, 0.05) is 45.4 Å². The minimum Gasteiger partial charge on any atom is -0.450 e. The fraction of sp³-hybridized carbons (Fsp3) is 0.467. The van der Waals surface area contributed by atoms with E-state index in [2.05, 4.69) is 15.9 Å². The molecule has 23 heavy (non-hydrogen) atoms. The van der Waals surface area contributed by atoms with E-state index in [1.54, 1.807) is 22.8 Å². The number of carbonyl (C=O) groups is 2. The van der Waals surface area contributed by atoms with E-state index < -0.39 is 0 Å². The smallest absolute Gasteiger partial charge is 0.409 e. The van der Waals surface area contributed by atoms with Gasteiger partial charge < -0.3 is 23.5 Å². The van der Waals surface area contributed by atoms with E-state index >= 15 is 0 Å². The summed E-state index contributed by atoms with van der Waals surface area (Å²) in [5, 5.41) is 0. The molecule has 1 aliphatic heterocycles. The molecule has 3 rings (SSSR count). The van der Waals surface area contributed by atoms with Crippen LogP contribution in [0, 0.1) is 0 Å². The average molecular weight is 384 g/mol. The van der Waals surface area contributed by atoms with Crippen LogP contribution in [0.5, 0.6) is 0 Å². The number of ether oxygens (including phenoxy) is 1. The highest BCUT2D eigenvalue weighted by Gasteiger charge is 2.27. The van der Waals surface area contributed by atoms with Crippen molar-refractivity contribution in [1.29, 1.82) is 0 Å². The summed E-state index contributed by atoms with van der Waals surface area (Å²) in [6.45, 7) is 4.09. The number of hydrogen-bond donors (Lipinski definition) is 0. The van der Waals surface area contributed by atoms with Crippen LogP contribution in [-0.2, 0) is 11.8 Å². The van der Waals surface area contributed by atoms with Crippen molar-refractivity contribution in [3.05, 3.63) is 22.5 Å². The van der Waals surface area contributed by atoms with Crippen molar-refractivity contribution >= 4 is 39.0 Å². The Bertz CT molecular complexity index is 743. The van der Waals surface area contributed by atoms with E-state index in [-0.39, 0.29) is 12.0 Å². The zero-order valence-electron chi connectivity index (χ0n) is 13.0. The van der Waals surface area contributed by atoms with Crippen LogP contribution in [0.25, 0.3) is 11.1 Å². The lowest BCUT2D eigenvalue weighted by molar-refractivity contribution is 0.0563. The van der Waals surface area contributed by atoms with Crippen LogP contribution < -0.4 is 0 Å². The molecule has 0 aromatic carbocycles. The highest BCUT2D eigenvalue weighted by atomic mass is 79.9. The summed E-state index contributed by atoms with van der Waals surface area (Å²) >= 11 is 3.28. The molecule has 0 aliphatic carbocycles. The molecule has 3 heterocycles. The third-order valence-corrected chi connectivity index (χ3v) is 4.40. The highest BCUT2D eigenvalue weighted by molar-refractivity contribution is 9.10. The monoisotopic (exact) mass is 383 g/mol. The lowest BCUT2D eigenvalue weighted by Gasteiger charge is -2.34. The third-order valence-electron chi connectivity index (χ3n) is 4.01. The first-order valence-electron chi connectivity index (χ1n) is 7.47. The first-order valence-corrected chi connectivity index (χ1v) is 8.26. The Hall–Kier alpha value is -1.96. The Morgan fingerprint density at radius 3 is 2.48 bits per heavy atom. The van der Waals surface area contributed by atoms with Crippen LogP contribution in [0.2, 0.25) is 0 Å². The van der Waals surface area contributed by atoms with Crippen LogP contribution in [0.15, 0.2) is 21.2 Å². The first kappa shape index (κ1) is 15.9. The highest BCUT2D eigenvalue weighted by Crippen LogP contribution is 2.26. The topological polar surface area (TPSA) is 67.9 Å². The number of piperazine rings is 1. The zero-order valence-corrected chi connectivity index (χ0v) is 14.6. The fourth-order valence-corrected chi connectivity index (χ4v) is 3.15. The molecule has 1 fully saturated rings. The second-order valence-electron chi connectivity index (χ2n) is 5.37. The molecule has 0 spiro atoms. The summed E-state index contributed by atoms with van der Waals surface area (Å²) in [5.74, 6) is -0.0569. The predicted molar refractivity (Wildman–Crippen MR) is 87.4 cm³/mol. The predicted octanol–water partition coefficient (Wildman–Crippen LogP) is 2.45. The van der Waals surface area contributed by atoms with E-state index in [0.717, 1.165) is 5.52 Å². The third kappa shape index (κ3) is 2.95. The van der Waals surface area contributed by atoms with Gasteiger partial charge in [0.1, 0.15) is 5.69 Å². The number of aromatic nitrogens is 1. The van der Waals surface area contributed by atoms with Gasteiger partial charge >= 0.3 is 6.09 Å². The molecule has 0 N–H and O–H groups in total. The van der Waals surface area contributed by atoms with Crippen molar-refractivity contribution in [3.8, 4) is 0 Å². The Morgan fingerprint density at radius 2 is 1.87 bits per heavy atom. The molecule has 8 heteroatoms. The van der Waals surface area contributed by atoms with Crippen LogP contribution in [0.3, 0.4) is 0 Å². The average Bonchev–Trinajstić information content (AvgIpc) is 3.05. The minimum absolute atomic E-state index is 0.0569. The summed E-state index contributed by atoms with van der Waals surface area (Å²) in [6.07, 6.45) is -0.319. The summed E-state index contributed by atoms with van der Waals surface area (Å²) in [5.41, 5.74) is 2.12. The van der Waals surface area contributed by atoms with Gasteiger partial charge in [-0.1, -0.05) is 0 Å². The Labute approximate surface area is 141 Å². The summed E-state index contributed by atoms with van der Waals surface area (Å²) in [4.78, 5) is 27.8. The van der Waals surface area contributed by atoms with Crippen LogP contribution >= 0.6 is 15.9 Å². The van der Waals surface area contributed by atoms with E-state index in [0.29, 0.717) is 48.7 Å². The normalized spacial score (nSPS) is 15.3. The van der Waals surface area contributed by atoms with Crippen molar-refractivity contribution < 1.29 is 18.7 Å². The van der Waals surface area contributed by atoms with Gasteiger partial charge in [0.05, 0.1) is 12.1 Å². The molecule has 2 aromatic rings. The van der Waals surface area contributed by atoms with Gasteiger partial charge in [0.15, 0.2) is 10.3 Å². The Kier molecular flexibility index (Phi) is 4.34. The molecule has 0 unspecified atom stereocenters. The maximum Gasteiger partial charge on any atom is 0.409 e. The van der Waals surface area contributed by atoms with Crippen LogP contribution in [0.1, 0.15) is 17.4 Å². The maximum absolute atomic E-state index is 12.7. The molecular formula is C15H18BrN3O4. The van der Waals surface area contributed by atoms with Gasteiger partial charge in [-0.05, 0) is 22.9 Å². The van der Waals surface area contributed by atoms with Crippen molar-refractivity contribution in [2.24, 2.45) is 7.05 Å². The number of halogens is 1. The number of amides is 2. The molecule has 2 amide bonds. The lowest BCUT2D eigenvalue weighted by atomic mass is 10.3. The van der Waals surface area contributed by atoms with Gasteiger partial charge in [0.2, 0.25) is 0 Å². The largest absolute Gasteiger partial charge is 0.450 e. The molecule has 2 aromatic heterocycles. The summed E-state index contributed by atoms with van der Waals surface area (Å²) in [7, 11) is 1.84. The molecule has 0 radical (unpaired) electrons. The molecule has 1 saturated heterocycles. The van der Waals surface area contributed by atoms with Gasteiger partial charge in [-0.2, -0.15) is 0 Å². The number of nitrogens with zero attached hydrogens (tertiary/aromatic N) is 3. The number of fused-ring (bicyclic) bond motifs is 1. The molecule has 1 aliphatic rings. The number of rotatable bonds is 2. The maximum atomic E-state index is 12.7. The van der Waals surface area contributed by atoms with Gasteiger partial charge in [-0.3, -0.25) is 4.79 Å². The van der Waals surface area contributed by atoms with Crippen LogP contribution in [-0.4, -0.2) is 59.2 Å². The van der Waals surface area contributed by atoms with Gasteiger partial charge in [-0.25, -0.2) is 4.79 Å². The minimum atomic E-state index is -0.319. The quantitative estimate of drug-likeness (QED) is 0.798. The standard InChI is InChI=1S/C15H18BrN3O4/c1-3-22-15(21)19-6-4-18(5-7-19)14(20)11-8-12-10(17(11)2)9-13(16)23-12/h8-9H,3-7H2,1-2H3. The fourth-order valence-electron chi connectivity index (χ4n) is 2.76. The number of aryl methyl sites for hydroxylation is 1. The summed E-state index contributed by atoms with van der Waals surface area (Å²) in [6, 6.07) is 3.59. The SMILES string of the molecule is CCOC(=O)N1CCN(C(=O)c2cc3oc(Br)cc3n2C)CC1. The Balaban J connectivity index is 1.70.